The monoisotopic (exact) mass is 482 g/mol. The van der Waals surface area contributed by atoms with Crippen LogP contribution in [0, 0.1) is 0 Å². The molecule has 2 aromatic rings. The lowest BCUT2D eigenvalue weighted by molar-refractivity contribution is 0.240. The van der Waals surface area contributed by atoms with Gasteiger partial charge in [0, 0.05) is 12.1 Å². The first-order valence-electron chi connectivity index (χ1n) is 13.5. The molecule has 0 aliphatic carbocycles. The fraction of sp³-hybridized carbons (Fsp3) is 0.586. The summed E-state index contributed by atoms with van der Waals surface area (Å²) in [6.45, 7) is 4.65. The van der Waals surface area contributed by atoms with Crippen LogP contribution in [0.4, 0.5) is 0 Å². The zero-order valence-electron chi connectivity index (χ0n) is 20.9. The van der Waals surface area contributed by atoms with Gasteiger partial charge >= 0.3 is 0 Å². The highest BCUT2D eigenvalue weighted by Gasteiger charge is 2.25. The Morgan fingerprint density at radius 3 is 1.43 bits per heavy atom. The van der Waals surface area contributed by atoms with E-state index in [2.05, 4.69) is 9.80 Å². The Balaban J connectivity index is 1.10. The zero-order valence-corrected chi connectivity index (χ0v) is 20.9. The van der Waals surface area contributed by atoms with Crippen molar-refractivity contribution < 1.29 is 20.4 Å². The number of hydrogen-bond donors (Lipinski definition) is 4. The fourth-order valence-electron chi connectivity index (χ4n) is 5.94. The van der Waals surface area contributed by atoms with Gasteiger partial charge in [-0.25, -0.2) is 0 Å². The summed E-state index contributed by atoms with van der Waals surface area (Å²) < 4.78 is 0. The molecule has 6 nitrogen and oxygen atoms in total. The number of aromatic hydroxyl groups is 4. The predicted octanol–water partition coefficient (Wildman–Crippen LogP) is 5.17. The lowest BCUT2D eigenvalue weighted by atomic mass is 10.0. The number of phenols is 4. The van der Waals surface area contributed by atoms with E-state index in [1.807, 2.05) is 12.1 Å². The predicted molar refractivity (Wildman–Crippen MR) is 139 cm³/mol. The number of unbranched alkanes of at least 4 members (excludes halogenated alkanes) is 4. The molecular weight excluding hydrogens is 440 g/mol. The van der Waals surface area contributed by atoms with Gasteiger partial charge in [-0.05, 0) is 113 Å². The van der Waals surface area contributed by atoms with Crippen LogP contribution in [0.25, 0.3) is 0 Å². The lowest BCUT2D eigenvalue weighted by Crippen LogP contribution is -2.32. The molecule has 2 aliphatic rings. The van der Waals surface area contributed by atoms with Crippen molar-refractivity contribution in [2.45, 2.75) is 82.7 Å². The molecule has 2 aliphatic heterocycles. The minimum atomic E-state index is -0.0464. The van der Waals surface area contributed by atoms with Crippen LogP contribution in [0.1, 0.15) is 68.9 Å². The van der Waals surface area contributed by atoms with E-state index in [-0.39, 0.29) is 23.0 Å². The molecule has 0 bridgehead atoms. The van der Waals surface area contributed by atoms with Crippen molar-refractivity contribution in [3.8, 4) is 23.0 Å². The smallest absolute Gasteiger partial charge is 0.157 e. The minimum Gasteiger partial charge on any atom is -0.504 e. The lowest BCUT2D eigenvalue weighted by Gasteiger charge is -2.25. The number of hydrogen-bond acceptors (Lipinski definition) is 6. The van der Waals surface area contributed by atoms with E-state index in [1.54, 1.807) is 24.3 Å². The minimum absolute atomic E-state index is 0.0213. The highest BCUT2D eigenvalue weighted by atomic mass is 16.3. The normalized spacial score (nSPS) is 21.1. The second-order valence-corrected chi connectivity index (χ2v) is 10.5. The zero-order chi connectivity index (χ0) is 24.6. The van der Waals surface area contributed by atoms with Gasteiger partial charge in [-0.3, -0.25) is 0 Å². The van der Waals surface area contributed by atoms with Crippen LogP contribution in [-0.4, -0.2) is 68.5 Å². The van der Waals surface area contributed by atoms with Crippen LogP contribution in [0.15, 0.2) is 36.4 Å². The summed E-state index contributed by atoms with van der Waals surface area (Å²) in [5.41, 5.74) is 2.19. The van der Waals surface area contributed by atoms with Crippen molar-refractivity contribution in [1.29, 1.82) is 0 Å². The Bertz CT molecular complexity index is 875. The van der Waals surface area contributed by atoms with Crippen molar-refractivity contribution in [3.05, 3.63) is 47.5 Å². The summed E-state index contributed by atoms with van der Waals surface area (Å²) in [5.74, 6) is -0.135. The first kappa shape index (κ1) is 25.6. The molecule has 6 heteroatoms. The molecule has 0 amide bonds. The largest absolute Gasteiger partial charge is 0.504 e. The number of likely N-dealkylation sites (tertiary alicyclic amines) is 2. The second kappa shape index (κ2) is 12.5. The number of phenolic OH excluding ortho intramolecular Hbond substituents is 4. The molecule has 2 aromatic carbocycles. The Morgan fingerprint density at radius 1 is 0.571 bits per heavy atom. The number of nitrogens with zero attached hydrogens (tertiary/aromatic N) is 2. The third kappa shape index (κ3) is 7.28. The van der Waals surface area contributed by atoms with Crippen LogP contribution >= 0.6 is 0 Å². The Kier molecular flexibility index (Phi) is 9.16. The van der Waals surface area contributed by atoms with E-state index in [4.69, 9.17) is 0 Å². The van der Waals surface area contributed by atoms with Crippen molar-refractivity contribution in [2.75, 3.05) is 26.2 Å². The summed E-state index contributed by atoms with van der Waals surface area (Å²) in [7, 11) is 0. The van der Waals surface area contributed by atoms with E-state index < -0.39 is 0 Å². The van der Waals surface area contributed by atoms with Crippen molar-refractivity contribution in [3.63, 3.8) is 0 Å². The number of rotatable bonds is 12. The van der Waals surface area contributed by atoms with Crippen LogP contribution in [0.5, 0.6) is 23.0 Å². The molecule has 4 rings (SSSR count). The maximum absolute atomic E-state index is 9.77. The van der Waals surface area contributed by atoms with Gasteiger partial charge in [0.25, 0.3) is 0 Å². The standard InChI is InChI=1S/C29H42N2O4/c32-26-12-10-22(20-28(26)34)18-24-8-6-16-30(24)14-4-2-1-3-5-15-31-17-7-9-25(31)19-23-11-13-27(33)29(35)21-23/h10-13,20-21,24-25,32-35H,1-9,14-19H2. The van der Waals surface area contributed by atoms with Crippen LogP contribution in [-0.2, 0) is 12.8 Å². The molecule has 35 heavy (non-hydrogen) atoms. The van der Waals surface area contributed by atoms with E-state index in [0.29, 0.717) is 12.1 Å². The van der Waals surface area contributed by atoms with Crippen LogP contribution in [0.3, 0.4) is 0 Å². The average Bonchev–Trinajstić information content (AvgIpc) is 3.47. The molecule has 0 aromatic heterocycles. The van der Waals surface area contributed by atoms with Gasteiger partial charge in [0.15, 0.2) is 23.0 Å². The molecule has 192 valence electrons. The van der Waals surface area contributed by atoms with Crippen molar-refractivity contribution in [1.82, 2.24) is 9.80 Å². The highest BCUT2D eigenvalue weighted by molar-refractivity contribution is 5.41. The first-order chi connectivity index (χ1) is 17.0. The van der Waals surface area contributed by atoms with E-state index in [0.717, 1.165) is 37.1 Å². The highest BCUT2D eigenvalue weighted by Crippen LogP contribution is 2.29. The molecule has 2 atom stereocenters. The second-order valence-electron chi connectivity index (χ2n) is 10.5. The van der Waals surface area contributed by atoms with Crippen LogP contribution < -0.4 is 0 Å². The molecule has 4 N–H and O–H groups in total. The Labute approximate surface area is 209 Å². The summed E-state index contributed by atoms with van der Waals surface area (Å²) in [5, 5.41) is 38.6. The molecule has 0 saturated carbocycles. The van der Waals surface area contributed by atoms with Gasteiger partial charge in [0.2, 0.25) is 0 Å². The molecule has 2 saturated heterocycles. The first-order valence-corrected chi connectivity index (χ1v) is 13.5. The van der Waals surface area contributed by atoms with E-state index in [1.165, 1.54) is 70.9 Å². The van der Waals surface area contributed by atoms with E-state index >= 15 is 0 Å². The Morgan fingerprint density at radius 2 is 1.00 bits per heavy atom. The maximum atomic E-state index is 9.77. The van der Waals surface area contributed by atoms with Gasteiger partial charge in [0.05, 0.1) is 0 Å². The summed E-state index contributed by atoms with van der Waals surface area (Å²) in [4.78, 5) is 5.22. The third-order valence-electron chi connectivity index (χ3n) is 7.91. The van der Waals surface area contributed by atoms with Gasteiger partial charge in [-0.1, -0.05) is 31.4 Å². The summed E-state index contributed by atoms with van der Waals surface area (Å²) in [6, 6.07) is 11.5. The SMILES string of the molecule is Oc1ccc(CC2CCCN2CCCCCCCN2CCCC2Cc2ccc(O)c(O)c2)cc1O. The van der Waals surface area contributed by atoms with Crippen molar-refractivity contribution in [2.24, 2.45) is 0 Å². The summed E-state index contributed by atoms with van der Waals surface area (Å²) >= 11 is 0. The third-order valence-corrected chi connectivity index (χ3v) is 7.91. The molecule has 2 fully saturated rings. The molecule has 2 unspecified atom stereocenters. The quantitative estimate of drug-likeness (QED) is 0.247. The molecule has 2 heterocycles. The molecule has 0 radical (unpaired) electrons. The maximum Gasteiger partial charge on any atom is 0.157 e. The van der Waals surface area contributed by atoms with Gasteiger partial charge in [0.1, 0.15) is 0 Å². The van der Waals surface area contributed by atoms with E-state index in [9.17, 15) is 20.4 Å². The van der Waals surface area contributed by atoms with Gasteiger partial charge in [-0.15, -0.1) is 0 Å². The van der Waals surface area contributed by atoms with Gasteiger partial charge < -0.3 is 30.2 Å². The Hall–Kier alpha value is -2.44. The van der Waals surface area contributed by atoms with Crippen LogP contribution in [0.2, 0.25) is 0 Å². The summed E-state index contributed by atoms with van der Waals surface area (Å²) in [6.07, 6.45) is 13.1. The molecular formula is C29H42N2O4. The molecule has 0 spiro atoms. The van der Waals surface area contributed by atoms with Crippen molar-refractivity contribution >= 4 is 0 Å². The average molecular weight is 483 g/mol. The fourth-order valence-corrected chi connectivity index (χ4v) is 5.94. The number of benzene rings is 2. The topological polar surface area (TPSA) is 87.4 Å². The van der Waals surface area contributed by atoms with Gasteiger partial charge in [-0.2, -0.15) is 0 Å².